The molecule has 0 spiro atoms. The third-order valence-corrected chi connectivity index (χ3v) is 6.34. The van der Waals surface area contributed by atoms with E-state index in [9.17, 15) is 4.79 Å². The van der Waals surface area contributed by atoms with Gasteiger partial charge in [0, 0.05) is 29.5 Å². The molecule has 1 saturated heterocycles. The Labute approximate surface area is 195 Å². The van der Waals surface area contributed by atoms with Gasteiger partial charge in [0.15, 0.2) is 0 Å². The highest BCUT2D eigenvalue weighted by molar-refractivity contribution is 6.31. The first-order chi connectivity index (χ1) is 16.1. The molecule has 0 aliphatic carbocycles. The molecule has 0 bridgehead atoms. The molecule has 0 radical (unpaired) electrons. The molecule has 0 N–H and O–H groups in total. The van der Waals surface area contributed by atoms with E-state index in [0.717, 1.165) is 24.0 Å². The number of carbonyl (C=O) groups is 1. The zero-order valence-corrected chi connectivity index (χ0v) is 19.0. The second-order valence-corrected chi connectivity index (χ2v) is 8.27. The monoisotopic (exact) mass is 463 g/mol. The van der Waals surface area contributed by atoms with Gasteiger partial charge >= 0.3 is 0 Å². The average Bonchev–Trinajstić information content (AvgIpc) is 3.61. The summed E-state index contributed by atoms with van der Waals surface area (Å²) in [5.74, 6) is 1.34. The summed E-state index contributed by atoms with van der Waals surface area (Å²) in [7, 11) is 1.58. The number of nitrogens with zero attached hydrogens (tertiary/aromatic N) is 5. The van der Waals surface area contributed by atoms with Crippen molar-refractivity contribution in [1.29, 1.82) is 0 Å². The molecule has 0 saturated carbocycles. The van der Waals surface area contributed by atoms with Gasteiger partial charge in [0.1, 0.15) is 11.8 Å². The summed E-state index contributed by atoms with van der Waals surface area (Å²) in [6.07, 6.45) is 5.06. The van der Waals surface area contributed by atoms with Gasteiger partial charge in [0.2, 0.25) is 11.7 Å². The van der Waals surface area contributed by atoms with E-state index in [1.807, 2.05) is 43.3 Å². The Bertz CT molecular complexity index is 1300. The van der Waals surface area contributed by atoms with Crippen molar-refractivity contribution in [1.82, 2.24) is 24.8 Å². The van der Waals surface area contributed by atoms with E-state index >= 15 is 0 Å². The summed E-state index contributed by atoms with van der Waals surface area (Å²) >= 11 is 6.26. The van der Waals surface area contributed by atoms with E-state index in [4.69, 9.17) is 20.9 Å². The van der Waals surface area contributed by atoms with Crippen LogP contribution in [0.4, 0.5) is 0 Å². The highest BCUT2D eigenvalue weighted by Crippen LogP contribution is 2.35. The lowest BCUT2D eigenvalue weighted by Gasteiger charge is -2.23. The van der Waals surface area contributed by atoms with Gasteiger partial charge in [-0.3, -0.25) is 4.79 Å². The van der Waals surface area contributed by atoms with Crippen LogP contribution >= 0.6 is 11.6 Å². The number of carbonyl (C=O) groups excluding carboxylic acids is 1. The molecule has 1 amide bonds. The number of methoxy groups -OCH3 is 1. The largest absolute Gasteiger partial charge is 0.497 e. The Hall–Kier alpha value is -3.65. The lowest BCUT2D eigenvalue weighted by Crippen LogP contribution is -2.31. The van der Waals surface area contributed by atoms with Crippen molar-refractivity contribution in [3.8, 4) is 22.8 Å². The predicted molar refractivity (Wildman–Crippen MR) is 123 cm³/mol. The number of aromatic nitrogens is 4. The number of amides is 1. The van der Waals surface area contributed by atoms with Gasteiger partial charge < -0.3 is 14.2 Å². The van der Waals surface area contributed by atoms with E-state index in [2.05, 4.69) is 15.2 Å². The van der Waals surface area contributed by atoms with Crippen LogP contribution in [0.5, 0.6) is 5.75 Å². The lowest BCUT2D eigenvalue weighted by atomic mass is 10.1. The summed E-state index contributed by atoms with van der Waals surface area (Å²) in [6.45, 7) is 2.51. The molecule has 168 valence electrons. The fourth-order valence-corrected chi connectivity index (χ4v) is 4.35. The first kappa shape index (κ1) is 21.2. The third kappa shape index (κ3) is 3.87. The van der Waals surface area contributed by atoms with Crippen LogP contribution in [0.3, 0.4) is 0 Å². The molecule has 8 nitrogen and oxygen atoms in total. The molecular weight excluding hydrogens is 442 g/mol. The Morgan fingerprint density at radius 1 is 1.24 bits per heavy atom. The van der Waals surface area contributed by atoms with Crippen molar-refractivity contribution in [3.05, 3.63) is 76.9 Å². The van der Waals surface area contributed by atoms with Crippen LogP contribution in [0.25, 0.3) is 17.1 Å². The van der Waals surface area contributed by atoms with Crippen LogP contribution in [-0.4, -0.2) is 44.4 Å². The number of likely N-dealkylation sites (tertiary alicyclic amines) is 1. The van der Waals surface area contributed by atoms with Gasteiger partial charge in [0.05, 0.1) is 18.4 Å². The first-order valence-electron chi connectivity index (χ1n) is 10.6. The molecule has 1 atom stereocenters. The van der Waals surface area contributed by atoms with E-state index in [1.165, 1.54) is 0 Å². The van der Waals surface area contributed by atoms with Gasteiger partial charge in [-0.25, -0.2) is 4.68 Å². The van der Waals surface area contributed by atoms with Gasteiger partial charge in [-0.05, 0) is 55.7 Å². The molecule has 33 heavy (non-hydrogen) atoms. The molecular formula is C24H22ClN5O3. The number of ether oxygens (including phenoxy) is 1. The molecule has 9 heteroatoms. The summed E-state index contributed by atoms with van der Waals surface area (Å²) in [4.78, 5) is 20.1. The number of rotatable bonds is 5. The smallest absolute Gasteiger partial charge is 0.256 e. The minimum Gasteiger partial charge on any atom is -0.497 e. The Morgan fingerprint density at radius 3 is 2.91 bits per heavy atom. The van der Waals surface area contributed by atoms with Gasteiger partial charge in [-0.2, -0.15) is 10.1 Å². The topological polar surface area (TPSA) is 86.3 Å². The van der Waals surface area contributed by atoms with Crippen LogP contribution in [-0.2, 0) is 0 Å². The highest BCUT2D eigenvalue weighted by Gasteiger charge is 2.36. The van der Waals surface area contributed by atoms with Crippen LogP contribution in [0.15, 0.2) is 59.4 Å². The van der Waals surface area contributed by atoms with Crippen molar-refractivity contribution >= 4 is 17.5 Å². The minimum absolute atomic E-state index is 0.138. The summed E-state index contributed by atoms with van der Waals surface area (Å²) in [5, 5.41) is 9.10. The molecule has 1 aliphatic rings. The number of hydrogen-bond acceptors (Lipinski definition) is 6. The molecule has 0 unspecified atom stereocenters. The summed E-state index contributed by atoms with van der Waals surface area (Å²) < 4.78 is 12.7. The van der Waals surface area contributed by atoms with E-state index in [1.54, 1.807) is 35.2 Å². The average molecular weight is 464 g/mol. The Morgan fingerprint density at radius 2 is 2.12 bits per heavy atom. The van der Waals surface area contributed by atoms with Gasteiger partial charge in [0.25, 0.3) is 5.91 Å². The zero-order chi connectivity index (χ0) is 22.9. The standard InChI is InChI=1S/C24H22ClN5O3/c1-15-17(6-3-7-19(15)25)22-27-23(33-28-22)21-8-4-12-29(21)24(31)18-14-16(32-2)9-10-20(18)30-13-5-11-26-30/h3,5-7,9-11,13-14,21H,4,8,12H2,1-2H3/t21-/m0/s1. The first-order valence-corrected chi connectivity index (χ1v) is 11.0. The Balaban J connectivity index is 1.48. The van der Waals surface area contributed by atoms with Crippen molar-refractivity contribution in [2.24, 2.45) is 0 Å². The van der Waals surface area contributed by atoms with Gasteiger partial charge in [-0.1, -0.05) is 28.9 Å². The number of benzene rings is 2. The summed E-state index contributed by atoms with van der Waals surface area (Å²) in [5.41, 5.74) is 2.86. The number of halogens is 1. The SMILES string of the molecule is COc1ccc(-n2cccn2)c(C(=O)N2CCC[C@H]2c2nc(-c3cccc(Cl)c3C)no2)c1. The van der Waals surface area contributed by atoms with Gasteiger partial charge in [-0.15, -0.1) is 0 Å². The van der Waals surface area contributed by atoms with Crippen molar-refractivity contribution < 1.29 is 14.1 Å². The molecule has 2 aromatic heterocycles. The van der Waals surface area contributed by atoms with E-state index in [0.29, 0.717) is 40.3 Å². The fraction of sp³-hybridized carbons (Fsp3) is 0.250. The molecule has 3 heterocycles. The molecule has 1 fully saturated rings. The minimum atomic E-state index is -0.310. The molecule has 5 rings (SSSR count). The summed E-state index contributed by atoms with van der Waals surface area (Å²) in [6, 6.07) is 12.5. The maximum absolute atomic E-state index is 13.7. The maximum atomic E-state index is 13.7. The van der Waals surface area contributed by atoms with Crippen LogP contribution < -0.4 is 4.74 Å². The van der Waals surface area contributed by atoms with Crippen LogP contribution in [0.1, 0.15) is 40.7 Å². The lowest BCUT2D eigenvalue weighted by molar-refractivity contribution is 0.0709. The number of hydrogen-bond donors (Lipinski definition) is 0. The third-order valence-electron chi connectivity index (χ3n) is 5.93. The zero-order valence-electron chi connectivity index (χ0n) is 18.2. The van der Waals surface area contributed by atoms with Crippen molar-refractivity contribution in [2.75, 3.05) is 13.7 Å². The van der Waals surface area contributed by atoms with E-state index < -0.39 is 0 Å². The quantitative estimate of drug-likeness (QED) is 0.419. The molecule has 2 aromatic carbocycles. The second kappa shape index (κ2) is 8.71. The highest BCUT2D eigenvalue weighted by atomic mass is 35.5. The van der Waals surface area contributed by atoms with Crippen molar-refractivity contribution in [3.63, 3.8) is 0 Å². The van der Waals surface area contributed by atoms with E-state index in [-0.39, 0.29) is 11.9 Å². The maximum Gasteiger partial charge on any atom is 0.256 e. The van der Waals surface area contributed by atoms with Crippen LogP contribution in [0, 0.1) is 6.92 Å². The normalized spacial score (nSPS) is 15.7. The second-order valence-electron chi connectivity index (χ2n) is 7.86. The van der Waals surface area contributed by atoms with Crippen LogP contribution in [0.2, 0.25) is 5.02 Å². The molecule has 4 aromatic rings. The Kier molecular flexibility index (Phi) is 5.60. The fourth-order valence-electron chi connectivity index (χ4n) is 4.18. The predicted octanol–water partition coefficient (Wildman–Crippen LogP) is 4.87. The molecule has 1 aliphatic heterocycles. The van der Waals surface area contributed by atoms with Crippen molar-refractivity contribution in [2.45, 2.75) is 25.8 Å².